The van der Waals surface area contributed by atoms with E-state index in [1.54, 1.807) is 7.11 Å². The lowest BCUT2D eigenvalue weighted by atomic mass is 9.86. The van der Waals surface area contributed by atoms with Gasteiger partial charge in [0.05, 0.1) is 7.11 Å². The number of alkyl halides is 2. The molecular formula is C20H27F2N5O. The van der Waals surface area contributed by atoms with E-state index in [1.165, 1.54) is 22.1 Å². The molecule has 0 saturated carbocycles. The molecule has 0 unspecified atom stereocenters. The average Bonchev–Trinajstić information content (AvgIpc) is 3.16. The molecule has 0 amide bonds. The number of halogens is 2. The van der Waals surface area contributed by atoms with Gasteiger partial charge in [0.15, 0.2) is 0 Å². The minimum Gasteiger partial charge on any atom is -0.496 e. The van der Waals surface area contributed by atoms with Crippen molar-refractivity contribution >= 4 is 5.95 Å². The van der Waals surface area contributed by atoms with Crippen LogP contribution in [0.4, 0.5) is 14.7 Å². The van der Waals surface area contributed by atoms with E-state index >= 15 is 0 Å². The quantitative estimate of drug-likeness (QED) is 0.846. The van der Waals surface area contributed by atoms with E-state index in [4.69, 9.17) is 4.74 Å². The summed E-state index contributed by atoms with van der Waals surface area (Å²) in [5.74, 6) is 1.66. The van der Waals surface area contributed by atoms with Crippen molar-refractivity contribution in [3.8, 4) is 5.75 Å². The summed E-state index contributed by atoms with van der Waals surface area (Å²) in [7, 11) is 1.69. The zero-order chi connectivity index (χ0) is 19.7. The second-order valence-electron chi connectivity index (χ2n) is 7.87. The molecule has 28 heavy (non-hydrogen) atoms. The fraction of sp³-hybridized carbons (Fsp3) is 0.600. The Morgan fingerprint density at radius 1 is 1.36 bits per heavy atom. The molecule has 1 N–H and O–H groups in total. The Hall–Kier alpha value is -2.22. The Bertz CT molecular complexity index is 812. The van der Waals surface area contributed by atoms with Crippen LogP contribution in [0, 0.1) is 12.8 Å². The van der Waals surface area contributed by atoms with Crippen LogP contribution in [-0.2, 0) is 6.54 Å². The van der Waals surface area contributed by atoms with Crippen molar-refractivity contribution in [2.24, 2.45) is 5.92 Å². The van der Waals surface area contributed by atoms with Crippen LogP contribution in [0.2, 0.25) is 0 Å². The highest BCUT2D eigenvalue weighted by Crippen LogP contribution is 2.35. The molecule has 4 rings (SSSR count). The SMILES string of the molecule is COc1ccc(C)cc1CN1CCC[C@H]([C@@H]2C[C@H](C(F)F)n3ncnc3N2)C1. The van der Waals surface area contributed by atoms with Gasteiger partial charge in [0.25, 0.3) is 6.43 Å². The molecule has 0 radical (unpaired) electrons. The van der Waals surface area contributed by atoms with Crippen molar-refractivity contribution in [2.75, 3.05) is 25.5 Å². The summed E-state index contributed by atoms with van der Waals surface area (Å²) in [5, 5.41) is 7.33. The van der Waals surface area contributed by atoms with Crippen LogP contribution in [-0.4, -0.2) is 52.3 Å². The number of anilines is 1. The molecule has 3 atom stereocenters. The molecule has 1 aromatic heterocycles. The van der Waals surface area contributed by atoms with E-state index in [0.717, 1.165) is 38.2 Å². The number of aryl methyl sites for hydroxylation is 1. The Morgan fingerprint density at radius 2 is 2.21 bits per heavy atom. The van der Waals surface area contributed by atoms with E-state index in [1.807, 2.05) is 12.1 Å². The summed E-state index contributed by atoms with van der Waals surface area (Å²) in [5.41, 5.74) is 2.38. The number of hydrogen-bond donors (Lipinski definition) is 1. The summed E-state index contributed by atoms with van der Waals surface area (Å²) in [6.45, 7) is 4.77. The van der Waals surface area contributed by atoms with Crippen molar-refractivity contribution in [1.29, 1.82) is 0 Å². The maximum absolute atomic E-state index is 13.6. The Balaban J connectivity index is 1.47. The highest BCUT2D eigenvalue weighted by Gasteiger charge is 2.38. The van der Waals surface area contributed by atoms with Gasteiger partial charge >= 0.3 is 0 Å². The highest BCUT2D eigenvalue weighted by molar-refractivity contribution is 5.37. The third-order valence-electron chi connectivity index (χ3n) is 5.93. The number of fused-ring (bicyclic) bond motifs is 1. The van der Waals surface area contributed by atoms with Gasteiger partial charge in [-0.1, -0.05) is 17.7 Å². The van der Waals surface area contributed by atoms with Crippen molar-refractivity contribution < 1.29 is 13.5 Å². The minimum atomic E-state index is -2.44. The van der Waals surface area contributed by atoms with Gasteiger partial charge in [-0.2, -0.15) is 10.1 Å². The number of piperidine rings is 1. The van der Waals surface area contributed by atoms with Crippen LogP contribution in [0.3, 0.4) is 0 Å². The molecule has 2 aromatic rings. The average molecular weight is 391 g/mol. The number of nitrogens with one attached hydrogen (secondary N) is 1. The summed E-state index contributed by atoms with van der Waals surface area (Å²) in [6, 6.07) is 5.30. The van der Waals surface area contributed by atoms with Crippen LogP contribution in [0.15, 0.2) is 24.5 Å². The van der Waals surface area contributed by atoms with Crippen LogP contribution in [0.1, 0.15) is 36.4 Å². The number of methoxy groups -OCH3 is 1. The van der Waals surface area contributed by atoms with Gasteiger partial charge in [0.1, 0.15) is 18.1 Å². The number of likely N-dealkylation sites (tertiary alicyclic amines) is 1. The number of aromatic nitrogens is 3. The summed E-state index contributed by atoms with van der Waals surface area (Å²) in [4.78, 5) is 6.54. The first-order valence-corrected chi connectivity index (χ1v) is 9.85. The van der Waals surface area contributed by atoms with Crippen molar-refractivity contribution in [3.05, 3.63) is 35.7 Å². The molecule has 0 aliphatic carbocycles. The van der Waals surface area contributed by atoms with E-state index in [-0.39, 0.29) is 6.04 Å². The smallest absolute Gasteiger partial charge is 0.260 e. The first-order chi connectivity index (χ1) is 13.5. The molecule has 152 valence electrons. The van der Waals surface area contributed by atoms with Gasteiger partial charge in [0, 0.05) is 24.7 Å². The summed E-state index contributed by atoms with van der Waals surface area (Å²) >= 11 is 0. The molecule has 0 bridgehead atoms. The molecule has 2 aliphatic heterocycles. The molecule has 1 fully saturated rings. The zero-order valence-corrected chi connectivity index (χ0v) is 16.3. The molecule has 1 aromatic carbocycles. The number of hydrogen-bond acceptors (Lipinski definition) is 5. The molecule has 2 aliphatic rings. The summed E-state index contributed by atoms with van der Waals surface area (Å²) < 4.78 is 34.0. The number of benzene rings is 1. The highest BCUT2D eigenvalue weighted by atomic mass is 19.3. The predicted octanol–water partition coefficient (Wildman–Crippen LogP) is 3.50. The fourth-order valence-electron chi connectivity index (χ4n) is 4.54. The van der Waals surface area contributed by atoms with Gasteiger partial charge in [-0.05, 0) is 44.7 Å². The second kappa shape index (κ2) is 8.03. The molecule has 8 heteroatoms. The lowest BCUT2D eigenvalue weighted by Crippen LogP contribution is -2.46. The number of rotatable bonds is 5. The van der Waals surface area contributed by atoms with Crippen LogP contribution in [0.5, 0.6) is 5.75 Å². The number of ether oxygens (including phenoxy) is 1. The molecule has 6 nitrogen and oxygen atoms in total. The zero-order valence-electron chi connectivity index (χ0n) is 16.3. The topological polar surface area (TPSA) is 55.2 Å². The second-order valence-corrected chi connectivity index (χ2v) is 7.87. The van der Waals surface area contributed by atoms with Crippen LogP contribution >= 0.6 is 0 Å². The fourth-order valence-corrected chi connectivity index (χ4v) is 4.54. The Kier molecular flexibility index (Phi) is 5.48. The maximum Gasteiger partial charge on any atom is 0.260 e. The minimum absolute atomic E-state index is 0.0158. The first-order valence-electron chi connectivity index (χ1n) is 9.85. The van der Waals surface area contributed by atoms with Crippen LogP contribution < -0.4 is 10.1 Å². The Morgan fingerprint density at radius 3 is 3.00 bits per heavy atom. The van der Waals surface area contributed by atoms with Crippen molar-refractivity contribution in [3.63, 3.8) is 0 Å². The van der Waals surface area contributed by atoms with Crippen molar-refractivity contribution in [2.45, 2.75) is 51.2 Å². The maximum atomic E-state index is 13.6. The molecule has 0 spiro atoms. The van der Waals surface area contributed by atoms with Crippen LogP contribution in [0.25, 0.3) is 0 Å². The lowest BCUT2D eigenvalue weighted by Gasteiger charge is -2.40. The van der Waals surface area contributed by atoms with E-state index in [2.05, 4.69) is 33.3 Å². The normalized spacial score (nSPS) is 25.4. The van der Waals surface area contributed by atoms with Gasteiger partial charge in [-0.15, -0.1) is 0 Å². The largest absolute Gasteiger partial charge is 0.496 e. The lowest BCUT2D eigenvalue weighted by molar-refractivity contribution is 0.0550. The number of nitrogens with zero attached hydrogens (tertiary/aromatic N) is 4. The predicted molar refractivity (Wildman–Crippen MR) is 103 cm³/mol. The molecule has 1 saturated heterocycles. The van der Waals surface area contributed by atoms with Gasteiger partial charge in [-0.3, -0.25) is 4.90 Å². The third kappa shape index (κ3) is 3.83. The van der Waals surface area contributed by atoms with E-state index < -0.39 is 12.5 Å². The first kappa shape index (κ1) is 19.1. The van der Waals surface area contributed by atoms with E-state index in [9.17, 15) is 8.78 Å². The van der Waals surface area contributed by atoms with E-state index in [0.29, 0.717) is 18.3 Å². The van der Waals surface area contributed by atoms with Crippen molar-refractivity contribution in [1.82, 2.24) is 19.7 Å². The summed E-state index contributed by atoms with van der Waals surface area (Å²) in [6.07, 6.45) is 1.37. The standard InChI is InChI=1S/C20H27F2N5O/c1-13-5-6-18(28-2)15(8-13)11-26-7-3-4-14(10-26)16-9-17(19(21)22)27-20(25-16)23-12-24-27/h5-6,8,12,14,16-17,19H,3-4,7,9-11H2,1-2H3,(H,23,24,25)/t14-,16-,17+/m0/s1. The monoisotopic (exact) mass is 391 g/mol. The van der Waals surface area contributed by atoms with Gasteiger partial charge in [-0.25, -0.2) is 13.5 Å². The molecular weight excluding hydrogens is 364 g/mol. The third-order valence-corrected chi connectivity index (χ3v) is 5.93. The Labute approximate surface area is 163 Å². The molecule has 3 heterocycles. The van der Waals surface area contributed by atoms with Gasteiger partial charge in [0.2, 0.25) is 5.95 Å². The van der Waals surface area contributed by atoms with Gasteiger partial charge < -0.3 is 10.1 Å².